The van der Waals surface area contributed by atoms with Gasteiger partial charge in [-0.3, -0.25) is 4.79 Å². The van der Waals surface area contributed by atoms with E-state index in [1.165, 1.54) is 25.0 Å². The molecule has 1 aliphatic carbocycles. The van der Waals surface area contributed by atoms with Crippen LogP contribution in [0.4, 0.5) is 0 Å². The van der Waals surface area contributed by atoms with Crippen LogP contribution in [-0.2, 0) is 4.79 Å². The summed E-state index contributed by atoms with van der Waals surface area (Å²) < 4.78 is 0. The van der Waals surface area contributed by atoms with E-state index in [-0.39, 0.29) is 0 Å². The monoisotopic (exact) mass is 245 g/mol. The van der Waals surface area contributed by atoms with Crippen LogP contribution in [0.1, 0.15) is 45.4 Å². The van der Waals surface area contributed by atoms with Crippen molar-refractivity contribution >= 4 is 17.7 Å². The molecule has 0 amide bonds. The van der Waals surface area contributed by atoms with Crippen LogP contribution in [0.2, 0.25) is 0 Å². The second-order valence-corrected chi connectivity index (χ2v) is 5.97. The van der Waals surface area contributed by atoms with E-state index in [2.05, 4.69) is 24.0 Å². The van der Waals surface area contributed by atoms with Gasteiger partial charge in [0.15, 0.2) is 0 Å². The molecule has 0 aromatic carbocycles. The summed E-state index contributed by atoms with van der Waals surface area (Å²) in [7, 11) is 0. The number of hydrogen-bond donors (Lipinski definition) is 2. The summed E-state index contributed by atoms with van der Waals surface area (Å²) in [6.45, 7) is 3.19. The lowest BCUT2D eigenvalue weighted by molar-refractivity contribution is -0.137. The Balaban J connectivity index is 1.96. The molecule has 2 atom stereocenters. The van der Waals surface area contributed by atoms with Crippen LogP contribution in [0.15, 0.2) is 0 Å². The predicted molar refractivity (Wildman–Crippen MR) is 69.0 cm³/mol. The first-order valence-electron chi connectivity index (χ1n) is 6.29. The molecule has 3 nitrogen and oxygen atoms in total. The Hall–Kier alpha value is -0.220. The number of carbonyl (C=O) groups is 1. The molecule has 0 bridgehead atoms. The first-order chi connectivity index (χ1) is 7.72. The highest BCUT2D eigenvalue weighted by molar-refractivity contribution is 7.99. The number of unbranched alkanes of at least 4 members (excludes halogenated alkanes) is 1. The molecule has 16 heavy (non-hydrogen) atoms. The Morgan fingerprint density at radius 3 is 2.94 bits per heavy atom. The molecule has 4 heteroatoms. The molecule has 0 aliphatic heterocycles. The average Bonchev–Trinajstić information content (AvgIpc) is 2.65. The van der Waals surface area contributed by atoms with Crippen molar-refractivity contribution in [1.29, 1.82) is 0 Å². The lowest BCUT2D eigenvalue weighted by Gasteiger charge is -2.12. The largest absolute Gasteiger partial charge is 0.481 e. The van der Waals surface area contributed by atoms with Crippen molar-refractivity contribution in [3.05, 3.63) is 0 Å². The minimum Gasteiger partial charge on any atom is -0.481 e. The predicted octanol–water partition coefficient (Wildman–Crippen LogP) is 2.51. The summed E-state index contributed by atoms with van der Waals surface area (Å²) in [5.74, 6) is 0.538. The third kappa shape index (κ3) is 5.75. The van der Waals surface area contributed by atoms with Crippen LogP contribution in [0.3, 0.4) is 0 Å². The number of rotatable bonds is 8. The molecule has 0 heterocycles. The molecular formula is C12H23NO2S. The van der Waals surface area contributed by atoms with Gasteiger partial charge in [0.1, 0.15) is 0 Å². The molecule has 0 aromatic rings. The quantitative estimate of drug-likeness (QED) is 0.645. The zero-order chi connectivity index (χ0) is 11.8. The van der Waals surface area contributed by atoms with Crippen LogP contribution in [0, 0.1) is 0 Å². The van der Waals surface area contributed by atoms with Crippen molar-refractivity contribution in [3.63, 3.8) is 0 Å². The molecule has 1 rings (SSSR count). The zero-order valence-electron chi connectivity index (χ0n) is 10.1. The second-order valence-electron chi connectivity index (χ2n) is 4.39. The normalized spacial score (nSPS) is 24.8. The SMILES string of the molecule is CCSC1CCC(NCCCCC(=O)O)C1. The summed E-state index contributed by atoms with van der Waals surface area (Å²) in [4.78, 5) is 10.3. The van der Waals surface area contributed by atoms with Crippen molar-refractivity contribution in [2.75, 3.05) is 12.3 Å². The summed E-state index contributed by atoms with van der Waals surface area (Å²) in [5.41, 5.74) is 0. The molecule has 0 saturated heterocycles. The maximum Gasteiger partial charge on any atom is 0.303 e. The molecule has 0 aromatic heterocycles. The maximum atomic E-state index is 10.3. The van der Waals surface area contributed by atoms with Gasteiger partial charge in [0.2, 0.25) is 0 Å². The fourth-order valence-corrected chi connectivity index (χ4v) is 3.36. The third-order valence-electron chi connectivity index (χ3n) is 3.04. The number of carboxylic acid groups (broad SMARTS) is 1. The number of hydrogen-bond acceptors (Lipinski definition) is 3. The van der Waals surface area contributed by atoms with Crippen molar-refractivity contribution in [3.8, 4) is 0 Å². The highest BCUT2D eigenvalue weighted by Crippen LogP contribution is 2.29. The first kappa shape index (κ1) is 13.8. The summed E-state index contributed by atoms with van der Waals surface area (Å²) in [6, 6.07) is 0.675. The standard InChI is InChI=1S/C12H23NO2S/c1-2-16-11-7-6-10(9-11)13-8-4-3-5-12(14)15/h10-11,13H,2-9H2,1H3,(H,14,15). The molecule has 94 valence electrons. The fourth-order valence-electron chi connectivity index (χ4n) is 2.22. The van der Waals surface area contributed by atoms with E-state index >= 15 is 0 Å². The Kier molecular flexibility index (Phi) is 6.88. The van der Waals surface area contributed by atoms with Crippen LogP contribution in [-0.4, -0.2) is 34.7 Å². The van der Waals surface area contributed by atoms with Gasteiger partial charge in [0.05, 0.1) is 0 Å². The van der Waals surface area contributed by atoms with E-state index in [0.717, 1.165) is 24.6 Å². The summed E-state index contributed by atoms with van der Waals surface area (Å²) in [5, 5.41) is 12.9. The van der Waals surface area contributed by atoms with Crippen molar-refractivity contribution < 1.29 is 9.90 Å². The van der Waals surface area contributed by atoms with Gasteiger partial charge in [-0.25, -0.2) is 0 Å². The first-order valence-corrected chi connectivity index (χ1v) is 7.34. The number of thioether (sulfide) groups is 1. The molecule has 2 N–H and O–H groups in total. The molecule has 2 unspecified atom stereocenters. The van der Waals surface area contributed by atoms with Crippen molar-refractivity contribution in [1.82, 2.24) is 5.32 Å². The van der Waals surface area contributed by atoms with Gasteiger partial charge in [-0.15, -0.1) is 0 Å². The van der Waals surface area contributed by atoms with E-state index in [1.54, 1.807) is 0 Å². The highest BCUT2D eigenvalue weighted by atomic mass is 32.2. The van der Waals surface area contributed by atoms with E-state index in [4.69, 9.17) is 5.11 Å². The second kappa shape index (κ2) is 7.96. The molecule has 1 fully saturated rings. The molecule has 1 aliphatic rings. The average molecular weight is 245 g/mol. The van der Waals surface area contributed by atoms with Crippen LogP contribution >= 0.6 is 11.8 Å². The van der Waals surface area contributed by atoms with Gasteiger partial charge in [0.25, 0.3) is 0 Å². The number of carboxylic acids is 1. The Morgan fingerprint density at radius 1 is 1.44 bits per heavy atom. The van der Waals surface area contributed by atoms with Gasteiger partial charge in [-0.2, -0.15) is 11.8 Å². The van der Waals surface area contributed by atoms with Gasteiger partial charge < -0.3 is 10.4 Å². The maximum absolute atomic E-state index is 10.3. The van der Waals surface area contributed by atoms with E-state index in [9.17, 15) is 4.79 Å². The lowest BCUT2D eigenvalue weighted by Crippen LogP contribution is -2.27. The Labute approximate surface area is 102 Å². The van der Waals surface area contributed by atoms with E-state index in [1.807, 2.05) is 0 Å². The highest BCUT2D eigenvalue weighted by Gasteiger charge is 2.23. The lowest BCUT2D eigenvalue weighted by atomic mass is 10.2. The van der Waals surface area contributed by atoms with Gasteiger partial charge in [0, 0.05) is 17.7 Å². The van der Waals surface area contributed by atoms with Crippen molar-refractivity contribution in [2.45, 2.75) is 56.7 Å². The minimum absolute atomic E-state index is 0.306. The van der Waals surface area contributed by atoms with E-state index in [0.29, 0.717) is 12.5 Å². The van der Waals surface area contributed by atoms with E-state index < -0.39 is 5.97 Å². The van der Waals surface area contributed by atoms with Gasteiger partial charge >= 0.3 is 5.97 Å². The molecular weight excluding hydrogens is 222 g/mol. The molecule has 1 saturated carbocycles. The zero-order valence-corrected chi connectivity index (χ0v) is 10.9. The third-order valence-corrected chi connectivity index (χ3v) is 4.27. The van der Waals surface area contributed by atoms with Gasteiger partial charge in [-0.1, -0.05) is 6.92 Å². The number of nitrogens with one attached hydrogen (secondary N) is 1. The summed E-state index contributed by atoms with van der Waals surface area (Å²) in [6.07, 6.45) is 6.00. The number of aliphatic carboxylic acids is 1. The Morgan fingerprint density at radius 2 is 2.25 bits per heavy atom. The van der Waals surface area contributed by atoms with Crippen molar-refractivity contribution in [2.24, 2.45) is 0 Å². The fraction of sp³-hybridized carbons (Fsp3) is 0.917. The topological polar surface area (TPSA) is 49.3 Å². The van der Waals surface area contributed by atoms with Gasteiger partial charge in [-0.05, 0) is 44.4 Å². The smallest absolute Gasteiger partial charge is 0.303 e. The van der Waals surface area contributed by atoms with Crippen LogP contribution in [0.5, 0.6) is 0 Å². The van der Waals surface area contributed by atoms with Crippen LogP contribution < -0.4 is 5.32 Å². The minimum atomic E-state index is -0.680. The van der Waals surface area contributed by atoms with Crippen LogP contribution in [0.25, 0.3) is 0 Å². The summed E-state index contributed by atoms with van der Waals surface area (Å²) >= 11 is 2.07. The Bertz CT molecular complexity index is 211. The molecule has 0 radical (unpaired) electrons. The molecule has 0 spiro atoms.